The number of rotatable bonds is 12. The molecule has 5 aromatic rings. The first-order chi connectivity index (χ1) is 23.1. The van der Waals surface area contributed by atoms with Crippen LogP contribution in [-0.2, 0) is 4.79 Å². The molecule has 0 radical (unpaired) electrons. The van der Waals surface area contributed by atoms with Crippen LogP contribution in [-0.4, -0.2) is 41.6 Å². The van der Waals surface area contributed by atoms with E-state index in [4.69, 9.17) is 30.8 Å². The Balaban J connectivity index is 1.52. The Labute approximate surface area is 285 Å². The van der Waals surface area contributed by atoms with Gasteiger partial charge in [-0.1, -0.05) is 55.3 Å². The molecule has 0 aliphatic carbocycles. The second-order valence-electron chi connectivity index (χ2n) is 11.6. The molecular weight excluding hydrogens is 628 g/mol. The molecule has 0 fully saturated rings. The molecule has 48 heavy (non-hydrogen) atoms. The number of carbonyl (C=O) groups excluding carboxylic acids is 1. The molecule has 5 rings (SSSR count). The highest BCUT2D eigenvalue weighted by Crippen LogP contribution is 2.37. The average molecular weight is 667 g/mol. The van der Waals surface area contributed by atoms with Crippen LogP contribution in [0.4, 0.5) is 5.69 Å². The van der Waals surface area contributed by atoms with Gasteiger partial charge in [0.2, 0.25) is 0 Å². The molecule has 0 saturated carbocycles. The summed E-state index contributed by atoms with van der Waals surface area (Å²) in [7, 11) is 0. The number of halogens is 1. The number of nitrogens with zero attached hydrogens (tertiary/aromatic N) is 3. The van der Waals surface area contributed by atoms with Gasteiger partial charge in [-0.15, -0.1) is 0 Å². The summed E-state index contributed by atoms with van der Waals surface area (Å²) < 4.78 is 18.9. The van der Waals surface area contributed by atoms with Gasteiger partial charge in [-0.25, -0.2) is 4.98 Å². The van der Waals surface area contributed by atoms with Crippen molar-refractivity contribution in [3.05, 3.63) is 110 Å². The lowest BCUT2D eigenvalue weighted by molar-refractivity contribution is -0.118. The summed E-state index contributed by atoms with van der Waals surface area (Å²) in [6.07, 6.45) is 1.52. The number of anilines is 1. The molecular formula is C38H39ClN4O5. The number of hydrogen-bond acceptors (Lipinski definition) is 7. The van der Waals surface area contributed by atoms with E-state index in [1.165, 1.54) is 10.9 Å². The van der Waals surface area contributed by atoms with E-state index in [9.17, 15) is 9.59 Å². The van der Waals surface area contributed by atoms with E-state index < -0.39 is 0 Å². The molecule has 1 heterocycles. The van der Waals surface area contributed by atoms with Crippen molar-refractivity contribution in [3.8, 4) is 28.6 Å². The minimum absolute atomic E-state index is 0.170. The summed E-state index contributed by atoms with van der Waals surface area (Å²) in [6, 6.07) is 22.0. The van der Waals surface area contributed by atoms with Crippen molar-refractivity contribution in [1.29, 1.82) is 0 Å². The number of benzene rings is 4. The Morgan fingerprint density at radius 1 is 0.958 bits per heavy atom. The van der Waals surface area contributed by atoms with Crippen molar-refractivity contribution in [1.82, 2.24) is 9.66 Å². The maximum atomic E-state index is 13.9. The molecule has 0 unspecified atom stereocenters. The molecule has 0 atom stereocenters. The van der Waals surface area contributed by atoms with Crippen molar-refractivity contribution in [3.63, 3.8) is 0 Å². The highest BCUT2D eigenvalue weighted by Gasteiger charge is 2.19. The van der Waals surface area contributed by atoms with Crippen LogP contribution in [0.2, 0.25) is 5.02 Å². The molecule has 248 valence electrons. The maximum absolute atomic E-state index is 13.9. The monoisotopic (exact) mass is 666 g/mol. The second-order valence-corrected chi connectivity index (χ2v) is 12.0. The van der Waals surface area contributed by atoms with Gasteiger partial charge < -0.3 is 19.5 Å². The molecule has 0 saturated heterocycles. The van der Waals surface area contributed by atoms with Gasteiger partial charge in [0.05, 0.1) is 35.4 Å². The minimum atomic E-state index is -0.344. The number of amides is 1. The van der Waals surface area contributed by atoms with E-state index in [1.54, 1.807) is 24.3 Å². The van der Waals surface area contributed by atoms with Gasteiger partial charge in [0.1, 0.15) is 5.75 Å². The van der Waals surface area contributed by atoms with E-state index in [-0.39, 0.29) is 34.8 Å². The van der Waals surface area contributed by atoms with Gasteiger partial charge in [0.25, 0.3) is 11.5 Å². The molecule has 1 N–H and O–H groups in total. The third-order valence-electron chi connectivity index (χ3n) is 7.61. The zero-order valence-corrected chi connectivity index (χ0v) is 28.7. The molecule has 1 amide bonds. The summed E-state index contributed by atoms with van der Waals surface area (Å²) in [4.78, 5) is 31.4. The maximum Gasteiger partial charge on any atom is 0.282 e. The molecule has 9 nitrogen and oxygen atoms in total. The van der Waals surface area contributed by atoms with Gasteiger partial charge in [0, 0.05) is 11.3 Å². The van der Waals surface area contributed by atoms with Crippen LogP contribution in [0, 0.1) is 13.8 Å². The van der Waals surface area contributed by atoms with Crippen LogP contribution >= 0.6 is 11.6 Å². The van der Waals surface area contributed by atoms with Crippen LogP contribution in [0.1, 0.15) is 55.9 Å². The first kappa shape index (κ1) is 34.2. The number of ether oxygens (including phenoxy) is 3. The predicted octanol–water partition coefficient (Wildman–Crippen LogP) is 8.15. The summed E-state index contributed by atoms with van der Waals surface area (Å²) in [6.45, 7) is 12.5. The van der Waals surface area contributed by atoms with Crippen LogP contribution in [0.3, 0.4) is 0 Å². The molecule has 0 aliphatic heterocycles. The zero-order chi connectivity index (χ0) is 34.4. The molecule has 0 spiro atoms. The topological polar surface area (TPSA) is 104 Å². The Bertz CT molecular complexity index is 2040. The predicted molar refractivity (Wildman–Crippen MR) is 192 cm³/mol. The van der Waals surface area contributed by atoms with Crippen LogP contribution in [0.5, 0.6) is 17.2 Å². The molecule has 0 aliphatic rings. The number of para-hydroxylation sites is 1. The highest BCUT2D eigenvalue weighted by molar-refractivity contribution is 6.32. The second kappa shape index (κ2) is 15.2. The minimum Gasteiger partial charge on any atom is -0.494 e. The van der Waals surface area contributed by atoms with Gasteiger partial charge in [-0.05, 0) is 98.8 Å². The fourth-order valence-corrected chi connectivity index (χ4v) is 5.51. The van der Waals surface area contributed by atoms with E-state index in [0.717, 1.165) is 28.0 Å². The van der Waals surface area contributed by atoms with Crippen LogP contribution in [0.15, 0.2) is 82.7 Å². The lowest BCUT2D eigenvalue weighted by Gasteiger charge is -2.18. The lowest BCUT2D eigenvalue weighted by atomic mass is 9.96. The number of nitrogens with one attached hydrogen (secondary N) is 1. The van der Waals surface area contributed by atoms with E-state index in [2.05, 4.69) is 24.3 Å². The fourth-order valence-electron chi connectivity index (χ4n) is 5.24. The van der Waals surface area contributed by atoms with Crippen LogP contribution in [0.25, 0.3) is 22.3 Å². The number of aryl methyl sites for hydroxylation is 2. The average Bonchev–Trinajstić information content (AvgIpc) is 3.05. The quantitative estimate of drug-likeness (QED) is 0.135. The van der Waals surface area contributed by atoms with Gasteiger partial charge in [-0.2, -0.15) is 9.78 Å². The fraction of sp³-hybridized carbons (Fsp3) is 0.263. The van der Waals surface area contributed by atoms with Gasteiger partial charge in [0.15, 0.2) is 23.9 Å². The van der Waals surface area contributed by atoms with Gasteiger partial charge in [-0.3, -0.25) is 9.59 Å². The number of fused-ring (bicyclic) bond motifs is 1. The molecule has 4 aromatic carbocycles. The number of carbonyl (C=O) groups is 1. The molecule has 10 heteroatoms. The Hall–Kier alpha value is -5.15. The normalized spacial score (nSPS) is 11.3. The Morgan fingerprint density at radius 2 is 1.67 bits per heavy atom. The van der Waals surface area contributed by atoms with Crippen molar-refractivity contribution in [2.45, 2.75) is 47.5 Å². The van der Waals surface area contributed by atoms with Crippen molar-refractivity contribution >= 4 is 40.3 Å². The molecule has 1 aromatic heterocycles. The lowest BCUT2D eigenvalue weighted by Crippen LogP contribution is -2.21. The summed E-state index contributed by atoms with van der Waals surface area (Å²) in [5, 5.41) is 8.11. The van der Waals surface area contributed by atoms with Crippen molar-refractivity contribution in [2.24, 2.45) is 5.10 Å². The third-order valence-corrected chi connectivity index (χ3v) is 7.89. The largest absolute Gasteiger partial charge is 0.494 e. The van der Waals surface area contributed by atoms with Crippen LogP contribution < -0.4 is 25.1 Å². The number of aromatic nitrogens is 2. The smallest absolute Gasteiger partial charge is 0.282 e. The standard InChI is InChI=1S/C38H39ClN4O5/c1-7-46-33-17-25(6)30(20-29(33)23(3)4)37-42-32-12-10-9-11-28(32)38(45)43(37)40-21-26-18-31(39)36(34(19-26)47-8-2)48-22-35(44)41-27-15-13-24(5)14-16-27/h9-21,23H,7-8,22H2,1-6H3,(H,41,44). The summed E-state index contributed by atoms with van der Waals surface area (Å²) in [5.74, 6) is 1.59. The van der Waals surface area contributed by atoms with Crippen molar-refractivity contribution in [2.75, 3.05) is 25.1 Å². The first-order valence-electron chi connectivity index (χ1n) is 15.9. The SMILES string of the molecule is CCOc1cc(C)c(-c2nc3ccccc3c(=O)n2N=Cc2cc(Cl)c(OCC(=O)Nc3ccc(C)cc3)c(OCC)c2)cc1C(C)C. The van der Waals surface area contributed by atoms with E-state index >= 15 is 0 Å². The third kappa shape index (κ3) is 7.69. The first-order valence-corrected chi connectivity index (χ1v) is 16.3. The van der Waals surface area contributed by atoms with E-state index in [0.29, 0.717) is 46.9 Å². The zero-order valence-electron chi connectivity index (χ0n) is 28.0. The Morgan fingerprint density at radius 3 is 2.38 bits per heavy atom. The van der Waals surface area contributed by atoms with E-state index in [1.807, 2.05) is 76.2 Å². The van der Waals surface area contributed by atoms with Gasteiger partial charge >= 0.3 is 0 Å². The highest BCUT2D eigenvalue weighted by atomic mass is 35.5. The number of hydrogen-bond donors (Lipinski definition) is 1. The molecule has 0 bridgehead atoms. The Kier molecular flexibility index (Phi) is 10.8. The summed E-state index contributed by atoms with van der Waals surface area (Å²) >= 11 is 6.67. The summed E-state index contributed by atoms with van der Waals surface area (Å²) in [5.41, 5.74) is 5.22. The van der Waals surface area contributed by atoms with Crippen molar-refractivity contribution < 1.29 is 19.0 Å².